The normalized spacial score (nSPS) is 11.4. The van der Waals surface area contributed by atoms with Crippen LogP contribution >= 0.6 is 15.9 Å². The molecule has 0 saturated carbocycles. The lowest BCUT2D eigenvalue weighted by atomic mass is 10.2. The molecule has 3 N–H and O–H groups in total. The third kappa shape index (κ3) is 7.27. The van der Waals surface area contributed by atoms with Gasteiger partial charge in [-0.15, -0.1) is 0 Å². The van der Waals surface area contributed by atoms with E-state index in [1.807, 2.05) is 0 Å². The number of sulfonamides is 1. The van der Waals surface area contributed by atoms with Crippen LogP contribution in [0.25, 0.3) is 0 Å². The van der Waals surface area contributed by atoms with Gasteiger partial charge in [-0.3, -0.25) is 9.59 Å². The fourth-order valence-electron chi connectivity index (χ4n) is 2.63. The van der Waals surface area contributed by atoms with E-state index in [9.17, 15) is 18.0 Å². The first-order chi connectivity index (χ1) is 16.3. The van der Waals surface area contributed by atoms with E-state index in [0.29, 0.717) is 11.5 Å². The van der Waals surface area contributed by atoms with E-state index in [-0.39, 0.29) is 23.7 Å². The van der Waals surface area contributed by atoms with Crippen molar-refractivity contribution in [3.05, 3.63) is 82.2 Å². The minimum Gasteiger partial charge on any atom is -0.497 e. The van der Waals surface area contributed by atoms with E-state index in [1.165, 1.54) is 18.3 Å². The summed E-state index contributed by atoms with van der Waals surface area (Å²) < 4.78 is 38.4. The molecule has 0 unspecified atom stereocenters. The SMILES string of the molecule is COc1ccc(CNC(=O)C(=O)N/N=C\c2ccc(CNS(=O)(=O)c3ccc(Br)cc3)o2)cc1. The van der Waals surface area contributed by atoms with Crippen molar-refractivity contribution in [1.29, 1.82) is 0 Å². The van der Waals surface area contributed by atoms with Crippen LogP contribution < -0.4 is 20.2 Å². The van der Waals surface area contributed by atoms with Gasteiger partial charge in [-0.25, -0.2) is 18.6 Å². The molecule has 178 valence electrons. The Kier molecular flexibility index (Phi) is 8.57. The summed E-state index contributed by atoms with van der Waals surface area (Å²) >= 11 is 3.25. The second kappa shape index (κ2) is 11.6. The summed E-state index contributed by atoms with van der Waals surface area (Å²) in [5, 5.41) is 6.16. The van der Waals surface area contributed by atoms with Crippen molar-refractivity contribution in [3.8, 4) is 5.75 Å². The molecule has 0 saturated heterocycles. The maximum atomic E-state index is 12.3. The molecule has 2 aromatic carbocycles. The fraction of sp³-hybridized carbons (Fsp3) is 0.136. The number of ether oxygens (including phenoxy) is 1. The second-order valence-corrected chi connectivity index (χ2v) is 9.50. The average molecular weight is 549 g/mol. The molecule has 0 radical (unpaired) electrons. The Hall–Kier alpha value is -3.48. The van der Waals surface area contributed by atoms with Crippen molar-refractivity contribution >= 4 is 44.0 Å². The summed E-state index contributed by atoms with van der Waals surface area (Å²) in [7, 11) is -2.15. The molecule has 0 bridgehead atoms. The zero-order chi connectivity index (χ0) is 24.6. The molecular formula is C22H21BrN4O6S. The molecule has 0 aliphatic carbocycles. The van der Waals surface area contributed by atoms with Gasteiger partial charge in [0.15, 0.2) is 0 Å². The molecule has 12 heteroatoms. The van der Waals surface area contributed by atoms with E-state index in [0.717, 1.165) is 10.0 Å². The van der Waals surface area contributed by atoms with Crippen molar-refractivity contribution < 1.29 is 27.2 Å². The van der Waals surface area contributed by atoms with E-state index < -0.39 is 21.8 Å². The number of methoxy groups -OCH3 is 1. The summed E-state index contributed by atoms with van der Waals surface area (Å²) in [6.07, 6.45) is 1.20. The number of nitrogens with zero attached hydrogens (tertiary/aromatic N) is 1. The van der Waals surface area contributed by atoms with Crippen molar-refractivity contribution in [1.82, 2.24) is 15.5 Å². The molecule has 0 fully saturated rings. The maximum absolute atomic E-state index is 12.3. The second-order valence-electron chi connectivity index (χ2n) is 6.81. The molecule has 0 atom stereocenters. The zero-order valence-corrected chi connectivity index (χ0v) is 20.4. The lowest BCUT2D eigenvalue weighted by Gasteiger charge is -2.05. The van der Waals surface area contributed by atoms with E-state index in [2.05, 4.69) is 36.5 Å². The van der Waals surface area contributed by atoms with Crippen LogP contribution in [-0.2, 0) is 32.7 Å². The van der Waals surface area contributed by atoms with Crippen molar-refractivity contribution in [2.24, 2.45) is 5.10 Å². The van der Waals surface area contributed by atoms with Gasteiger partial charge in [0.2, 0.25) is 10.0 Å². The van der Waals surface area contributed by atoms with Crippen molar-refractivity contribution in [2.45, 2.75) is 18.0 Å². The standard InChI is InChI=1S/C22H21BrN4O6S/c1-32-17-6-2-15(3-7-17)12-24-21(28)22(29)27-25-13-18-8-9-19(33-18)14-26-34(30,31)20-10-4-16(23)5-11-20/h2-11,13,26H,12,14H2,1H3,(H,24,28)(H,27,29)/b25-13-. The first-order valence-corrected chi connectivity index (χ1v) is 12.1. The Morgan fingerprint density at radius 1 is 1.00 bits per heavy atom. The van der Waals surface area contributed by atoms with Gasteiger partial charge in [-0.2, -0.15) is 5.10 Å². The molecule has 0 aliphatic rings. The number of amides is 2. The Labute approximate surface area is 204 Å². The number of hydrogen-bond acceptors (Lipinski definition) is 7. The quantitative estimate of drug-likeness (QED) is 0.213. The summed E-state index contributed by atoms with van der Waals surface area (Å²) in [5.41, 5.74) is 2.90. The van der Waals surface area contributed by atoms with Crippen LogP contribution in [0.3, 0.4) is 0 Å². The minimum atomic E-state index is -3.71. The highest BCUT2D eigenvalue weighted by molar-refractivity contribution is 9.10. The van der Waals surface area contributed by atoms with Crippen molar-refractivity contribution in [2.75, 3.05) is 7.11 Å². The van der Waals surface area contributed by atoms with E-state index in [4.69, 9.17) is 9.15 Å². The van der Waals surface area contributed by atoms with Crippen LogP contribution in [-0.4, -0.2) is 33.6 Å². The van der Waals surface area contributed by atoms with Gasteiger partial charge in [0.05, 0.1) is 24.8 Å². The Morgan fingerprint density at radius 2 is 1.71 bits per heavy atom. The minimum absolute atomic E-state index is 0.0770. The van der Waals surface area contributed by atoms with Crippen LogP contribution in [0.15, 0.2) is 79.6 Å². The topological polar surface area (TPSA) is 139 Å². The smallest absolute Gasteiger partial charge is 0.329 e. The molecule has 0 aliphatic heterocycles. The van der Waals surface area contributed by atoms with Crippen molar-refractivity contribution in [3.63, 3.8) is 0 Å². The van der Waals surface area contributed by atoms with Gasteiger partial charge in [-0.05, 0) is 54.1 Å². The predicted molar refractivity (Wildman–Crippen MR) is 127 cm³/mol. The number of hydrogen-bond donors (Lipinski definition) is 3. The number of hydrazone groups is 1. The Balaban J connectivity index is 1.45. The summed E-state index contributed by atoms with van der Waals surface area (Å²) in [6, 6.07) is 16.3. The fourth-order valence-corrected chi connectivity index (χ4v) is 3.89. The highest BCUT2D eigenvalue weighted by atomic mass is 79.9. The largest absolute Gasteiger partial charge is 0.497 e. The van der Waals surface area contributed by atoms with Crippen LogP contribution in [0.5, 0.6) is 5.75 Å². The number of carbonyl (C=O) groups is 2. The maximum Gasteiger partial charge on any atom is 0.329 e. The molecule has 0 spiro atoms. The van der Waals surface area contributed by atoms with Crippen LogP contribution in [0.2, 0.25) is 0 Å². The average Bonchev–Trinajstić information content (AvgIpc) is 3.29. The molecule has 3 rings (SSSR count). The Morgan fingerprint density at radius 3 is 2.38 bits per heavy atom. The number of nitrogens with one attached hydrogen (secondary N) is 3. The molecule has 34 heavy (non-hydrogen) atoms. The number of furan rings is 1. The number of carbonyl (C=O) groups excluding carboxylic acids is 2. The van der Waals surface area contributed by atoms with Gasteiger partial charge in [0.1, 0.15) is 17.3 Å². The van der Waals surface area contributed by atoms with Gasteiger partial charge in [-0.1, -0.05) is 28.1 Å². The van der Waals surface area contributed by atoms with E-state index in [1.54, 1.807) is 55.6 Å². The van der Waals surface area contributed by atoms with Gasteiger partial charge in [0, 0.05) is 11.0 Å². The number of rotatable bonds is 9. The highest BCUT2D eigenvalue weighted by Crippen LogP contribution is 2.15. The van der Waals surface area contributed by atoms with Crippen LogP contribution in [0.1, 0.15) is 17.1 Å². The lowest BCUT2D eigenvalue weighted by Crippen LogP contribution is -2.37. The van der Waals surface area contributed by atoms with Crippen LogP contribution in [0, 0.1) is 0 Å². The molecule has 3 aromatic rings. The Bertz CT molecular complexity index is 1270. The van der Waals surface area contributed by atoms with E-state index >= 15 is 0 Å². The third-order valence-electron chi connectivity index (χ3n) is 4.42. The molecular weight excluding hydrogens is 528 g/mol. The first-order valence-electron chi connectivity index (χ1n) is 9.85. The first kappa shape index (κ1) is 25.1. The molecule has 1 aromatic heterocycles. The lowest BCUT2D eigenvalue weighted by molar-refractivity contribution is -0.139. The predicted octanol–water partition coefficient (Wildman–Crippen LogP) is 2.30. The highest BCUT2D eigenvalue weighted by Gasteiger charge is 2.15. The summed E-state index contributed by atoms with van der Waals surface area (Å²) in [6.45, 7) is 0.0873. The number of benzene rings is 2. The molecule has 2 amide bonds. The van der Waals surface area contributed by atoms with Crippen LogP contribution in [0.4, 0.5) is 0 Å². The van der Waals surface area contributed by atoms with Gasteiger partial charge < -0.3 is 14.5 Å². The van der Waals surface area contributed by atoms with Gasteiger partial charge >= 0.3 is 11.8 Å². The zero-order valence-electron chi connectivity index (χ0n) is 17.9. The monoisotopic (exact) mass is 548 g/mol. The third-order valence-corrected chi connectivity index (χ3v) is 6.36. The summed E-state index contributed by atoms with van der Waals surface area (Å²) in [4.78, 5) is 23.9. The molecule has 1 heterocycles. The summed E-state index contributed by atoms with van der Waals surface area (Å²) in [5.74, 6) is -0.512. The molecule has 10 nitrogen and oxygen atoms in total. The van der Waals surface area contributed by atoms with Gasteiger partial charge in [0.25, 0.3) is 0 Å². The number of halogens is 1.